The molecule has 23 heavy (non-hydrogen) atoms. The van der Waals surface area contributed by atoms with Crippen LogP contribution in [-0.2, 0) is 7.05 Å². The summed E-state index contributed by atoms with van der Waals surface area (Å²) in [5, 5.41) is 11.2. The Kier molecular flexibility index (Phi) is 4.55. The molecule has 1 fully saturated rings. The predicted octanol–water partition coefficient (Wildman–Crippen LogP) is 1.86. The minimum atomic E-state index is -0.0635. The number of pyridine rings is 1. The van der Waals surface area contributed by atoms with Crippen molar-refractivity contribution in [3.8, 4) is 0 Å². The average molecular weight is 314 g/mol. The van der Waals surface area contributed by atoms with Crippen LogP contribution in [0.2, 0.25) is 0 Å². The van der Waals surface area contributed by atoms with Crippen LogP contribution in [0.5, 0.6) is 0 Å². The van der Waals surface area contributed by atoms with E-state index in [-0.39, 0.29) is 18.0 Å². The molecule has 1 saturated heterocycles. The number of likely N-dealkylation sites (tertiary alicyclic amines) is 1. The number of carbonyl (C=O) groups is 1. The van der Waals surface area contributed by atoms with Crippen molar-refractivity contribution >= 4 is 6.03 Å². The Bertz CT molecular complexity index is 656. The van der Waals surface area contributed by atoms with Crippen molar-refractivity contribution in [2.24, 2.45) is 7.05 Å². The second kappa shape index (κ2) is 6.76. The van der Waals surface area contributed by atoms with Gasteiger partial charge in [0.2, 0.25) is 0 Å². The van der Waals surface area contributed by atoms with Crippen molar-refractivity contribution in [1.29, 1.82) is 0 Å². The Morgan fingerprint density at radius 2 is 2.35 bits per heavy atom. The summed E-state index contributed by atoms with van der Waals surface area (Å²) in [4.78, 5) is 18.5. The van der Waals surface area contributed by atoms with Crippen molar-refractivity contribution in [1.82, 2.24) is 30.0 Å². The normalized spacial score (nSPS) is 19.4. The molecule has 3 heterocycles. The number of aromatic nitrogens is 4. The molecule has 1 N–H and O–H groups in total. The highest BCUT2D eigenvalue weighted by atomic mass is 16.2. The molecule has 122 valence electrons. The van der Waals surface area contributed by atoms with Crippen molar-refractivity contribution in [3.63, 3.8) is 0 Å². The number of carbonyl (C=O) groups excluding carboxylic acids is 1. The lowest BCUT2D eigenvalue weighted by Gasteiger charge is -2.33. The largest absolute Gasteiger partial charge is 0.331 e. The lowest BCUT2D eigenvalue weighted by molar-refractivity contribution is 0.175. The van der Waals surface area contributed by atoms with E-state index in [1.807, 2.05) is 35.6 Å². The Labute approximate surface area is 135 Å². The van der Waals surface area contributed by atoms with E-state index in [0.29, 0.717) is 6.54 Å². The number of hydrogen-bond acceptors (Lipinski definition) is 4. The predicted molar refractivity (Wildman–Crippen MR) is 85.7 cm³/mol. The Hall–Kier alpha value is -2.44. The minimum absolute atomic E-state index is 0.0341. The number of amides is 2. The Morgan fingerprint density at radius 3 is 3.04 bits per heavy atom. The van der Waals surface area contributed by atoms with Gasteiger partial charge in [-0.3, -0.25) is 4.98 Å². The van der Waals surface area contributed by atoms with Gasteiger partial charge in [0.05, 0.1) is 6.04 Å². The molecular weight excluding hydrogens is 292 g/mol. The van der Waals surface area contributed by atoms with Gasteiger partial charge in [0.15, 0.2) is 0 Å². The molecule has 0 spiro atoms. The fraction of sp³-hybridized carbons (Fsp3) is 0.500. The maximum Gasteiger partial charge on any atom is 0.317 e. The van der Waals surface area contributed by atoms with E-state index in [1.54, 1.807) is 18.7 Å². The summed E-state index contributed by atoms with van der Waals surface area (Å²) < 4.78 is 1.93. The van der Waals surface area contributed by atoms with Gasteiger partial charge in [0.25, 0.3) is 0 Å². The second-order valence-corrected chi connectivity index (χ2v) is 6.04. The molecule has 1 aliphatic rings. The molecule has 2 amide bonds. The number of urea groups is 1. The summed E-state index contributed by atoms with van der Waals surface area (Å²) in [5.41, 5.74) is 1.00. The third-order valence-electron chi connectivity index (χ3n) is 4.34. The topological polar surface area (TPSA) is 75.9 Å². The fourth-order valence-electron chi connectivity index (χ4n) is 3.03. The summed E-state index contributed by atoms with van der Waals surface area (Å²) in [7, 11) is 1.94. The molecule has 7 nitrogen and oxygen atoms in total. The molecule has 2 unspecified atom stereocenters. The number of rotatable bonds is 3. The first-order valence-electron chi connectivity index (χ1n) is 7.94. The number of nitrogens with one attached hydrogen (secondary N) is 1. The van der Waals surface area contributed by atoms with Crippen LogP contribution in [0, 0.1) is 0 Å². The molecule has 0 bridgehead atoms. The van der Waals surface area contributed by atoms with Gasteiger partial charge in [-0.2, -0.15) is 0 Å². The quantitative estimate of drug-likeness (QED) is 0.938. The monoisotopic (exact) mass is 314 g/mol. The molecule has 1 aliphatic heterocycles. The van der Waals surface area contributed by atoms with Gasteiger partial charge >= 0.3 is 6.03 Å². The number of piperidine rings is 1. The number of nitrogens with zero attached hydrogens (tertiary/aromatic N) is 5. The zero-order valence-electron chi connectivity index (χ0n) is 13.5. The van der Waals surface area contributed by atoms with Crippen LogP contribution < -0.4 is 5.32 Å². The summed E-state index contributed by atoms with van der Waals surface area (Å²) in [6.07, 6.45) is 7.23. The van der Waals surface area contributed by atoms with E-state index >= 15 is 0 Å². The first-order chi connectivity index (χ1) is 11.1. The lowest BCUT2D eigenvalue weighted by atomic mass is 9.97. The number of hydrogen-bond donors (Lipinski definition) is 1. The highest BCUT2D eigenvalue weighted by Gasteiger charge is 2.28. The second-order valence-electron chi connectivity index (χ2n) is 6.04. The Balaban J connectivity index is 1.62. The zero-order chi connectivity index (χ0) is 16.2. The molecule has 0 saturated carbocycles. The van der Waals surface area contributed by atoms with E-state index < -0.39 is 0 Å². The molecule has 3 rings (SSSR count). The van der Waals surface area contributed by atoms with Crippen LogP contribution in [0.3, 0.4) is 0 Å². The number of aryl methyl sites for hydroxylation is 1. The maximum absolute atomic E-state index is 12.5. The summed E-state index contributed by atoms with van der Waals surface area (Å²) in [6.45, 7) is 3.43. The van der Waals surface area contributed by atoms with Crippen LogP contribution in [-0.4, -0.2) is 43.8 Å². The van der Waals surface area contributed by atoms with Crippen LogP contribution in [0.4, 0.5) is 4.79 Å². The van der Waals surface area contributed by atoms with Gasteiger partial charge in [-0.05, 0) is 31.4 Å². The highest BCUT2D eigenvalue weighted by Crippen LogP contribution is 2.25. The van der Waals surface area contributed by atoms with Crippen LogP contribution in [0.25, 0.3) is 0 Å². The van der Waals surface area contributed by atoms with Crippen molar-refractivity contribution < 1.29 is 4.79 Å². The van der Waals surface area contributed by atoms with E-state index in [4.69, 9.17) is 0 Å². The maximum atomic E-state index is 12.5. The highest BCUT2D eigenvalue weighted by molar-refractivity contribution is 5.74. The summed E-state index contributed by atoms with van der Waals surface area (Å²) in [5.74, 6) is 1.19. The Morgan fingerprint density at radius 1 is 1.48 bits per heavy atom. The third kappa shape index (κ3) is 3.49. The summed E-state index contributed by atoms with van der Waals surface area (Å²) >= 11 is 0. The van der Waals surface area contributed by atoms with E-state index in [1.165, 1.54) is 0 Å². The van der Waals surface area contributed by atoms with E-state index in [2.05, 4.69) is 20.5 Å². The first-order valence-corrected chi connectivity index (χ1v) is 7.94. The van der Waals surface area contributed by atoms with E-state index in [9.17, 15) is 4.79 Å². The molecule has 2 aromatic rings. The van der Waals surface area contributed by atoms with Gasteiger partial charge in [0, 0.05) is 38.4 Å². The van der Waals surface area contributed by atoms with Gasteiger partial charge in [-0.1, -0.05) is 6.07 Å². The smallest absolute Gasteiger partial charge is 0.317 e. The first kappa shape index (κ1) is 15.5. The molecule has 7 heteroatoms. The fourth-order valence-corrected chi connectivity index (χ4v) is 3.03. The third-order valence-corrected chi connectivity index (χ3v) is 4.34. The molecular formula is C16H22N6O. The van der Waals surface area contributed by atoms with Gasteiger partial charge in [-0.25, -0.2) is 4.79 Å². The average Bonchev–Trinajstić information content (AvgIpc) is 3.02. The van der Waals surface area contributed by atoms with Gasteiger partial charge in [0.1, 0.15) is 12.2 Å². The molecule has 2 atom stereocenters. The molecule has 0 aliphatic carbocycles. The van der Waals surface area contributed by atoms with Crippen LogP contribution >= 0.6 is 0 Å². The summed E-state index contributed by atoms with van der Waals surface area (Å²) in [6, 6.07) is 3.75. The van der Waals surface area contributed by atoms with Crippen LogP contribution in [0.1, 0.15) is 43.1 Å². The van der Waals surface area contributed by atoms with Gasteiger partial charge in [-0.15, -0.1) is 10.2 Å². The van der Waals surface area contributed by atoms with Gasteiger partial charge < -0.3 is 14.8 Å². The molecule has 0 radical (unpaired) electrons. The van der Waals surface area contributed by atoms with Crippen molar-refractivity contribution in [2.75, 3.05) is 13.1 Å². The van der Waals surface area contributed by atoms with Crippen molar-refractivity contribution in [3.05, 3.63) is 42.2 Å². The molecule has 0 aromatic carbocycles. The minimum Gasteiger partial charge on any atom is -0.331 e. The standard InChI is InChI=1S/C16H22N6O/c1-12(13-5-3-7-17-9-13)19-16(23)22-8-4-6-14(10-22)15-20-18-11-21(15)2/h3,5,7,9,11-12,14H,4,6,8,10H2,1-2H3,(H,19,23). The van der Waals surface area contributed by atoms with Crippen LogP contribution in [0.15, 0.2) is 30.9 Å². The molecule has 2 aromatic heterocycles. The van der Waals surface area contributed by atoms with E-state index in [0.717, 1.165) is 30.8 Å². The SMILES string of the molecule is CC(NC(=O)N1CCCC(c2nncn2C)C1)c1cccnc1. The zero-order valence-corrected chi connectivity index (χ0v) is 13.5. The van der Waals surface area contributed by atoms with Crippen molar-refractivity contribution in [2.45, 2.75) is 31.7 Å². The lowest BCUT2D eigenvalue weighted by Crippen LogP contribution is -2.46.